The van der Waals surface area contributed by atoms with Crippen LogP contribution in [-0.4, -0.2) is 30.4 Å². The number of carbonyl (C=O) groups is 1. The molecule has 1 amide bonds. The molecule has 8 heteroatoms. The topological polar surface area (TPSA) is 67.9 Å². The van der Waals surface area contributed by atoms with Crippen LogP contribution in [-0.2, 0) is 10.3 Å². The molecule has 146 valence electrons. The van der Waals surface area contributed by atoms with Crippen molar-refractivity contribution in [3.05, 3.63) is 71.0 Å². The number of nitrogens with zero attached hydrogens (tertiary/aromatic N) is 2. The summed E-state index contributed by atoms with van der Waals surface area (Å²) in [5.41, 5.74) is 5.42. The van der Waals surface area contributed by atoms with Crippen LogP contribution in [0, 0.1) is 5.82 Å². The van der Waals surface area contributed by atoms with Crippen LogP contribution in [0.2, 0.25) is 0 Å². The van der Waals surface area contributed by atoms with Gasteiger partial charge in [-0.3, -0.25) is 9.69 Å². The summed E-state index contributed by atoms with van der Waals surface area (Å²) in [5, 5.41) is 0. The summed E-state index contributed by atoms with van der Waals surface area (Å²) in [6.07, 6.45) is 3.24. The molecule has 1 atom stereocenters. The van der Waals surface area contributed by atoms with Crippen LogP contribution in [0.1, 0.15) is 23.6 Å². The maximum Gasteiger partial charge on any atom is 0.387 e. The first-order valence-corrected chi connectivity index (χ1v) is 8.41. The molecular weight excluding hydrogens is 371 g/mol. The summed E-state index contributed by atoms with van der Waals surface area (Å²) in [6, 6.07) is 9.78. The summed E-state index contributed by atoms with van der Waals surface area (Å²) in [4.78, 5) is 18.7. The van der Waals surface area contributed by atoms with E-state index in [0.29, 0.717) is 11.1 Å². The number of likely N-dealkylation sites (N-methyl/N-ethyl adjacent to an activating group) is 1. The highest BCUT2D eigenvalue weighted by molar-refractivity contribution is 6.09. The number of nitrogens with two attached hydrogens (primary N) is 1. The normalized spacial score (nSPS) is 19.6. The van der Waals surface area contributed by atoms with E-state index in [2.05, 4.69) is 9.73 Å². The molecule has 0 bridgehead atoms. The zero-order valence-corrected chi connectivity index (χ0v) is 15.2. The highest BCUT2D eigenvalue weighted by Crippen LogP contribution is 2.40. The van der Waals surface area contributed by atoms with Gasteiger partial charge in [-0.25, -0.2) is 9.38 Å². The van der Waals surface area contributed by atoms with Gasteiger partial charge < -0.3 is 10.5 Å². The van der Waals surface area contributed by atoms with Crippen LogP contribution in [0.15, 0.2) is 53.5 Å². The zero-order valence-electron chi connectivity index (χ0n) is 15.2. The first-order chi connectivity index (χ1) is 13.3. The molecular formula is C20H18F3N3O2. The number of allylic oxidation sites excluding steroid dienone is 1. The molecule has 0 saturated heterocycles. The third-order valence-corrected chi connectivity index (χ3v) is 4.50. The lowest BCUT2D eigenvalue weighted by Gasteiger charge is -2.26. The summed E-state index contributed by atoms with van der Waals surface area (Å²) in [5.74, 6) is -0.952. The minimum absolute atomic E-state index is 0.00480. The largest absolute Gasteiger partial charge is 0.435 e. The van der Waals surface area contributed by atoms with Crippen molar-refractivity contribution >= 4 is 17.9 Å². The standard InChI is InChI=1S/C20H18F3N3O2/c1-3-4-12-11-14(7-10-16(12)21)20(17(27)26(2)19(24)25-20)13-5-8-15(9-6-13)28-18(22)23/h3-11,18H,1-2H3,(H2,24,25)/b4-3-/t20-/m1/s1. The van der Waals surface area contributed by atoms with Gasteiger partial charge in [-0.2, -0.15) is 8.78 Å². The number of guanidine groups is 1. The molecule has 0 radical (unpaired) electrons. The second kappa shape index (κ2) is 7.38. The molecule has 2 aromatic rings. The molecule has 0 fully saturated rings. The minimum atomic E-state index is -2.96. The van der Waals surface area contributed by atoms with E-state index in [1.165, 1.54) is 54.4 Å². The highest BCUT2D eigenvalue weighted by atomic mass is 19.3. The van der Waals surface area contributed by atoms with Gasteiger partial charge in [0.15, 0.2) is 11.5 Å². The molecule has 28 heavy (non-hydrogen) atoms. The number of amides is 1. The minimum Gasteiger partial charge on any atom is -0.435 e. The fourth-order valence-corrected chi connectivity index (χ4v) is 3.14. The summed E-state index contributed by atoms with van der Waals surface area (Å²) >= 11 is 0. The van der Waals surface area contributed by atoms with Crippen molar-refractivity contribution in [2.75, 3.05) is 7.05 Å². The Kier molecular flexibility index (Phi) is 5.13. The Hall–Kier alpha value is -3.29. The Balaban J connectivity index is 2.19. The van der Waals surface area contributed by atoms with E-state index in [-0.39, 0.29) is 17.3 Å². The monoisotopic (exact) mass is 389 g/mol. The average molecular weight is 389 g/mol. The van der Waals surface area contributed by atoms with E-state index < -0.39 is 23.9 Å². The summed E-state index contributed by atoms with van der Waals surface area (Å²) < 4.78 is 43.3. The third kappa shape index (κ3) is 3.21. The van der Waals surface area contributed by atoms with Crippen LogP contribution in [0.5, 0.6) is 5.75 Å². The molecule has 1 aliphatic heterocycles. The van der Waals surface area contributed by atoms with Gasteiger partial charge in [-0.15, -0.1) is 0 Å². The molecule has 0 saturated carbocycles. The van der Waals surface area contributed by atoms with Gasteiger partial charge in [-0.05, 0) is 42.3 Å². The van der Waals surface area contributed by atoms with E-state index in [9.17, 15) is 18.0 Å². The number of alkyl halides is 2. The third-order valence-electron chi connectivity index (χ3n) is 4.50. The van der Waals surface area contributed by atoms with Crippen molar-refractivity contribution in [3.63, 3.8) is 0 Å². The maximum atomic E-state index is 14.1. The van der Waals surface area contributed by atoms with Gasteiger partial charge in [0.25, 0.3) is 5.91 Å². The van der Waals surface area contributed by atoms with Gasteiger partial charge in [0.05, 0.1) is 0 Å². The Labute approximate surface area is 159 Å². The Morgan fingerprint density at radius 3 is 2.36 bits per heavy atom. The van der Waals surface area contributed by atoms with Crippen molar-refractivity contribution in [1.29, 1.82) is 0 Å². The predicted octanol–water partition coefficient (Wildman–Crippen LogP) is 3.49. The molecule has 1 heterocycles. The van der Waals surface area contributed by atoms with Gasteiger partial charge in [0.2, 0.25) is 0 Å². The molecule has 3 rings (SSSR count). The SMILES string of the molecule is C/C=C\c1cc([C@@]2(c3ccc(OC(F)F)cc3)N=C(N)N(C)C2=O)ccc1F. The number of ether oxygens (including phenoxy) is 1. The van der Waals surface area contributed by atoms with Gasteiger partial charge in [-0.1, -0.05) is 30.4 Å². The lowest BCUT2D eigenvalue weighted by atomic mass is 9.82. The number of rotatable bonds is 5. The van der Waals surface area contributed by atoms with Crippen LogP contribution in [0.3, 0.4) is 0 Å². The van der Waals surface area contributed by atoms with E-state index in [1.807, 2.05) is 0 Å². The first kappa shape index (κ1) is 19.5. The van der Waals surface area contributed by atoms with Gasteiger partial charge in [0.1, 0.15) is 11.6 Å². The van der Waals surface area contributed by atoms with Crippen LogP contribution >= 0.6 is 0 Å². The number of carbonyl (C=O) groups excluding carboxylic acids is 1. The number of benzene rings is 2. The molecule has 0 aromatic heterocycles. The second-order valence-electron chi connectivity index (χ2n) is 6.18. The van der Waals surface area contributed by atoms with E-state index in [1.54, 1.807) is 19.1 Å². The van der Waals surface area contributed by atoms with Crippen molar-refractivity contribution in [2.45, 2.75) is 19.1 Å². The fraction of sp³-hybridized carbons (Fsp3) is 0.200. The molecule has 2 N–H and O–H groups in total. The van der Waals surface area contributed by atoms with Gasteiger partial charge >= 0.3 is 6.61 Å². The number of aliphatic imine (C=N–C) groups is 1. The summed E-state index contributed by atoms with van der Waals surface area (Å²) in [7, 11) is 1.48. The molecule has 0 spiro atoms. The second-order valence-corrected chi connectivity index (χ2v) is 6.18. The highest BCUT2D eigenvalue weighted by Gasteiger charge is 2.49. The first-order valence-electron chi connectivity index (χ1n) is 8.41. The predicted molar refractivity (Wildman–Crippen MR) is 99.4 cm³/mol. The van der Waals surface area contributed by atoms with E-state index in [4.69, 9.17) is 5.73 Å². The fourth-order valence-electron chi connectivity index (χ4n) is 3.14. The zero-order chi connectivity index (χ0) is 20.5. The maximum absolute atomic E-state index is 14.1. The van der Waals surface area contributed by atoms with Crippen molar-refractivity contribution in [3.8, 4) is 5.75 Å². The quantitative estimate of drug-likeness (QED) is 0.851. The molecule has 0 aliphatic carbocycles. The van der Waals surface area contributed by atoms with E-state index in [0.717, 1.165) is 0 Å². The average Bonchev–Trinajstić information content (AvgIpc) is 2.89. The smallest absolute Gasteiger partial charge is 0.387 e. The van der Waals surface area contributed by atoms with Crippen molar-refractivity contribution in [1.82, 2.24) is 4.90 Å². The van der Waals surface area contributed by atoms with E-state index >= 15 is 0 Å². The van der Waals surface area contributed by atoms with Crippen LogP contribution in [0.4, 0.5) is 13.2 Å². The Bertz CT molecular complexity index is 958. The lowest BCUT2D eigenvalue weighted by Crippen LogP contribution is -2.41. The lowest BCUT2D eigenvalue weighted by molar-refractivity contribution is -0.129. The number of hydrogen-bond acceptors (Lipinski definition) is 4. The molecule has 2 aromatic carbocycles. The van der Waals surface area contributed by atoms with Crippen molar-refractivity contribution < 1.29 is 22.7 Å². The van der Waals surface area contributed by atoms with Crippen LogP contribution in [0.25, 0.3) is 6.08 Å². The number of halogens is 3. The summed E-state index contributed by atoms with van der Waals surface area (Å²) in [6.45, 7) is -1.22. The van der Waals surface area contributed by atoms with Crippen LogP contribution < -0.4 is 10.5 Å². The molecule has 1 aliphatic rings. The molecule has 0 unspecified atom stereocenters. The molecule has 5 nitrogen and oxygen atoms in total. The van der Waals surface area contributed by atoms with Gasteiger partial charge in [0, 0.05) is 12.6 Å². The Morgan fingerprint density at radius 1 is 1.18 bits per heavy atom. The Morgan fingerprint density at radius 2 is 1.82 bits per heavy atom. The van der Waals surface area contributed by atoms with Crippen molar-refractivity contribution in [2.24, 2.45) is 10.7 Å². The number of hydrogen-bond donors (Lipinski definition) is 1.